The first-order chi connectivity index (χ1) is 15.5. The lowest BCUT2D eigenvalue weighted by molar-refractivity contribution is 0.0862. The molecule has 4 rings (SSSR count). The second-order valence-electron chi connectivity index (χ2n) is 7.64. The predicted molar refractivity (Wildman–Crippen MR) is 121 cm³/mol. The lowest BCUT2D eigenvalue weighted by Crippen LogP contribution is -2.46. The molecule has 2 amide bonds. The summed E-state index contributed by atoms with van der Waals surface area (Å²) in [5, 5.41) is 12.3. The average Bonchev–Trinajstić information content (AvgIpc) is 3.37. The molecule has 9 nitrogen and oxygen atoms in total. The molecule has 2 aromatic heterocycles. The van der Waals surface area contributed by atoms with E-state index in [9.17, 15) is 9.59 Å². The fourth-order valence-electron chi connectivity index (χ4n) is 3.72. The lowest BCUT2D eigenvalue weighted by atomic mass is 10.1. The maximum Gasteiger partial charge on any atom is 0.409 e. The molecule has 0 atom stereocenters. The summed E-state index contributed by atoms with van der Waals surface area (Å²) in [5.41, 5.74) is 3.12. The van der Waals surface area contributed by atoms with Gasteiger partial charge in [0, 0.05) is 19.1 Å². The number of nitrogens with one attached hydrogen (secondary N) is 1. The van der Waals surface area contributed by atoms with Crippen molar-refractivity contribution in [2.24, 2.45) is 0 Å². The van der Waals surface area contributed by atoms with Gasteiger partial charge in [-0.2, -0.15) is 0 Å². The van der Waals surface area contributed by atoms with Crippen molar-refractivity contribution >= 4 is 23.3 Å². The number of carbonyl (C=O) groups is 2. The number of amides is 2. The average molecular weight is 455 g/mol. The summed E-state index contributed by atoms with van der Waals surface area (Å²) in [6, 6.07) is 9.79. The van der Waals surface area contributed by atoms with Crippen LogP contribution in [0.25, 0.3) is 16.4 Å². The number of hydrogen-bond acceptors (Lipinski definition) is 7. The highest BCUT2D eigenvalue weighted by Gasteiger charge is 2.27. The number of thiazole rings is 1. The van der Waals surface area contributed by atoms with Crippen LogP contribution in [0.2, 0.25) is 0 Å². The minimum absolute atomic E-state index is 0.0128. The van der Waals surface area contributed by atoms with Gasteiger partial charge >= 0.3 is 6.09 Å². The zero-order chi connectivity index (χ0) is 22.7. The molecule has 3 heterocycles. The van der Waals surface area contributed by atoms with Crippen molar-refractivity contribution in [3.63, 3.8) is 0 Å². The maximum absolute atomic E-state index is 12.9. The molecule has 0 saturated carbocycles. The van der Waals surface area contributed by atoms with Gasteiger partial charge in [0.1, 0.15) is 15.6 Å². The van der Waals surface area contributed by atoms with E-state index >= 15 is 0 Å². The van der Waals surface area contributed by atoms with Crippen LogP contribution in [0.15, 0.2) is 30.3 Å². The van der Waals surface area contributed by atoms with E-state index in [4.69, 9.17) is 4.74 Å². The molecule has 1 aliphatic heterocycles. The van der Waals surface area contributed by atoms with Crippen LogP contribution in [0.5, 0.6) is 0 Å². The van der Waals surface area contributed by atoms with E-state index in [1.807, 2.05) is 44.2 Å². The SMILES string of the molecule is CCOC(=O)N1CCC(NC(=O)c2sc(-c3nnn(-c4ccccc4)c3C)nc2C)CC1. The van der Waals surface area contributed by atoms with E-state index in [0.717, 1.165) is 11.4 Å². The molecule has 1 fully saturated rings. The highest BCUT2D eigenvalue weighted by Crippen LogP contribution is 2.29. The number of aryl methyl sites for hydroxylation is 1. The Morgan fingerprint density at radius 1 is 1.19 bits per heavy atom. The Morgan fingerprint density at radius 3 is 2.59 bits per heavy atom. The number of hydrogen-bond donors (Lipinski definition) is 1. The molecular formula is C22H26N6O3S. The number of aromatic nitrogens is 4. The van der Waals surface area contributed by atoms with Gasteiger partial charge < -0.3 is 15.0 Å². The van der Waals surface area contributed by atoms with E-state index in [1.54, 1.807) is 16.5 Å². The van der Waals surface area contributed by atoms with Crippen molar-refractivity contribution in [1.82, 2.24) is 30.2 Å². The first kappa shape index (κ1) is 21.9. The molecule has 0 radical (unpaired) electrons. The number of piperidine rings is 1. The first-order valence-corrected chi connectivity index (χ1v) is 11.5. The molecule has 0 aliphatic carbocycles. The summed E-state index contributed by atoms with van der Waals surface area (Å²) in [4.78, 5) is 31.6. The summed E-state index contributed by atoms with van der Waals surface area (Å²) in [6.45, 7) is 7.06. The number of carbonyl (C=O) groups excluding carboxylic acids is 2. The highest BCUT2D eigenvalue weighted by molar-refractivity contribution is 7.17. The van der Waals surface area contributed by atoms with Crippen LogP contribution in [0.1, 0.15) is 40.8 Å². The molecule has 0 spiro atoms. The maximum atomic E-state index is 12.9. The minimum Gasteiger partial charge on any atom is -0.450 e. The Kier molecular flexibility index (Phi) is 6.50. The standard InChI is InChI=1S/C22H26N6O3S/c1-4-31-22(30)27-12-10-16(11-13-27)24-20(29)19-14(2)23-21(32-19)18-15(3)28(26-25-18)17-8-6-5-7-9-17/h5-9,16H,4,10-13H2,1-3H3,(H,24,29). The van der Waals surface area contributed by atoms with Crippen LogP contribution >= 0.6 is 11.3 Å². The molecular weight excluding hydrogens is 428 g/mol. The molecule has 0 bridgehead atoms. The number of nitrogens with zero attached hydrogens (tertiary/aromatic N) is 5. The van der Waals surface area contributed by atoms with Gasteiger partial charge in [-0.1, -0.05) is 23.4 Å². The third-order valence-corrected chi connectivity index (χ3v) is 6.62. The first-order valence-electron chi connectivity index (χ1n) is 10.7. The Labute approximate surface area is 190 Å². The van der Waals surface area contributed by atoms with Gasteiger partial charge in [-0.25, -0.2) is 14.5 Å². The van der Waals surface area contributed by atoms with E-state index in [2.05, 4.69) is 20.6 Å². The summed E-state index contributed by atoms with van der Waals surface area (Å²) in [7, 11) is 0. The van der Waals surface area contributed by atoms with E-state index < -0.39 is 0 Å². The highest BCUT2D eigenvalue weighted by atomic mass is 32.1. The van der Waals surface area contributed by atoms with Crippen molar-refractivity contribution in [1.29, 1.82) is 0 Å². The molecule has 1 aliphatic rings. The minimum atomic E-state index is -0.292. The molecule has 0 unspecified atom stereocenters. The van der Waals surface area contributed by atoms with Gasteiger partial charge in [-0.05, 0) is 45.7 Å². The second-order valence-corrected chi connectivity index (χ2v) is 8.64. The Hall–Kier alpha value is -3.27. The van der Waals surface area contributed by atoms with Gasteiger partial charge in [-0.15, -0.1) is 16.4 Å². The van der Waals surface area contributed by atoms with E-state index in [0.29, 0.717) is 53.8 Å². The van der Waals surface area contributed by atoms with Crippen molar-refractivity contribution < 1.29 is 14.3 Å². The van der Waals surface area contributed by atoms with Crippen molar-refractivity contribution in [3.05, 3.63) is 46.6 Å². The number of likely N-dealkylation sites (tertiary alicyclic amines) is 1. The van der Waals surface area contributed by atoms with Crippen LogP contribution < -0.4 is 5.32 Å². The number of para-hydroxylation sites is 1. The van der Waals surface area contributed by atoms with Crippen LogP contribution in [0, 0.1) is 13.8 Å². The topological polar surface area (TPSA) is 102 Å². The van der Waals surface area contributed by atoms with Crippen LogP contribution in [0.4, 0.5) is 4.79 Å². The van der Waals surface area contributed by atoms with Crippen molar-refractivity contribution in [2.45, 2.75) is 39.7 Å². The number of benzene rings is 1. The molecule has 32 heavy (non-hydrogen) atoms. The zero-order valence-electron chi connectivity index (χ0n) is 18.4. The third kappa shape index (κ3) is 4.50. The second kappa shape index (κ2) is 9.47. The van der Waals surface area contributed by atoms with Crippen molar-refractivity contribution in [2.75, 3.05) is 19.7 Å². The number of rotatable bonds is 5. The zero-order valence-corrected chi connectivity index (χ0v) is 19.2. The van der Waals surface area contributed by atoms with Gasteiger partial charge in [-0.3, -0.25) is 4.79 Å². The van der Waals surface area contributed by atoms with E-state index in [-0.39, 0.29) is 18.0 Å². The normalized spacial score (nSPS) is 14.4. The van der Waals surface area contributed by atoms with Crippen LogP contribution in [0.3, 0.4) is 0 Å². The smallest absolute Gasteiger partial charge is 0.409 e. The molecule has 3 aromatic rings. The third-order valence-electron chi connectivity index (χ3n) is 5.46. The van der Waals surface area contributed by atoms with Crippen LogP contribution in [-0.2, 0) is 4.74 Å². The quantitative estimate of drug-likeness (QED) is 0.634. The fraction of sp³-hybridized carbons (Fsp3) is 0.409. The number of ether oxygens (including phenoxy) is 1. The summed E-state index contributed by atoms with van der Waals surface area (Å²) >= 11 is 1.32. The van der Waals surface area contributed by atoms with E-state index in [1.165, 1.54) is 11.3 Å². The lowest BCUT2D eigenvalue weighted by Gasteiger charge is -2.31. The monoisotopic (exact) mass is 454 g/mol. The Balaban J connectivity index is 1.44. The van der Waals surface area contributed by atoms with Gasteiger partial charge in [0.05, 0.1) is 23.7 Å². The molecule has 1 aromatic carbocycles. The van der Waals surface area contributed by atoms with Crippen LogP contribution in [-0.4, -0.2) is 62.6 Å². The predicted octanol–water partition coefficient (Wildman–Crippen LogP) is 3.36. The summed E-state index contributed by atoms with van der Waals surface area (Å²) in [5.74, 6) is -0.145. The molecule has 1 saturated heterocycles. The molecule has 1 N–H and O–H groups in total. The molecule has 10 heteroatoms. The Morgan fingerprint density at radius 2 is 1.91 bits per heavy atom. The van der Waals surface area contributed by atoms with Gasteiger partial charge in [0.25, 0.3) is 5.91 Å². The summed E-state index contributed by atoms with van der Waals surface area (Å²) < 4.78 is 6.81. The Bertz CT molecular complexity index is 1100. The fourth-order valence-corrected chi connectivity index (χ4v) is 4.73. The summed E-state index contributed by atoms with van der Waals surface area (Å²) in [6.07, 6.45) is 1.10. The molecule has 168 valence electrons. The van der Waals surface area contributed by atoms with Crippen molar-refractivity contribution in [3.8, 4) is 16.4 Å². The van der Waals surface area contributed by atoms with Gasteiger partial charge in [0.15, 0.2) is 0 Å². The van der Waals surface area contributed by atoms with Gasteiger partial charge in [0.2, 0.25) is 0 Å². The largest absolute Gasteiger partial charge is 0.450 e.